The normalized spacial score (nSPS) is 14.7. The molecule has 0 amide bonds. The van der Waals surface area contributed by atoms with Gasteiger partial charge in [0.2, 0.25) is 0 Å². The maximum Gasteiger partial charge on any atom is 0.308 e. The fourth-order valence-electron chi connectivity index (χ4n) is 6.59. The van der Waals surface area contributed by atoms with Crippen LogP contribution < -0.4 is 0 Å². The van der Waals surface area contributed by atoms with E-state index < -0.39 is 0 Å². The van der Waals surface area contributed by atoms with Gasteiger partial charge in [0.15, 0.2) is 0 Å². The topological polar surface area (TPSA) is 26.3 Å². The molecule has 0 aliphatic carbocycles. The first-order chi connectivity index (χ1) is 19.4. The van der Waals surface area contributed by atoms with Crippen LogP contribution in [0, 0.1) is 23.7 Å². The van der Waals surface area contributed by atoms with E-state index in [9.17, 15) is 4.79 Å². The van der Waals surface area contributed by atoms with E-state index in [1.807, 2.05) is 6.92 Å². The van der Waals surface area contributed by atoms with Gasteiger partial charge in [0.25, 0.3) is 0 Å². The van der Waals surface area contributed by atoms with Crippen molar-refractivity contribution in [1.29, 1.82) is 0 Å². The van der Waals surface area contributed by atoms with Crippen LogP contribution >= 0.6 is 0 Å². The number of hydrogen-bond acceptors (Lipinski definition) is 2. The smallest absolute Gasteiger partial charge is 0.308 e. The van der Waals surface area contributed by atoms with Crippen molar-refractivity contribution in [3.05, 3.63) is 0 Å². The van der Waals surface area contributed by atoms with E-state index in [-0.39, 0.29) is 11.9 Å². The molecule has 40 heavy (non-hydrogen) atoms. The van der Waals surface area contributed by atoms with Gasteiger partial charge in [-0.05, 0) is 43.4 Å². The van der Waals surface area contributed by atoms with Crippen molar-refractivity contribution in [2.24, 2.45) is 23.7 Å². The Balaban J connectivity index is 3.47. The quantitative estimate of drug-likeness (QED) is 0.0618. The SMILES string of the molecule is CCCCCCCCCCCCCCCCCCCCCCC(C)CC(C)CC(C)CC(C)C(=O)OCCCC. The Morgan fingerprint density at radius 1 is 0.450 bits per heavy atom. The molecule has 0 heterocycles. The summed E-state index contributed by atoms with van der Waals surface area (Å²) in [4.78, 5) is 12.1. The van der Waals surface area contributed by atoms with Crippen LogP contribution in [-0.2, 0) is 9.53 Å². The first kappa shape index (κ1) is 39.5. The van der Waals surface area contributed by atoms with Crippen molar-refractivity contribution in [1.82, 2.24) is 0 Å². The van der Waals surface area contributed by atoms with Crippen LogP contribution in [0.4, 0.5) is 0 Å². The van der Waals surface area contributed by atoms with Gasteiger partial charge in [0, 0.05) is 0 Å². The van der Waals surface area contributed by atoms with Crippen LogP contribution in [0.1, 0.15) is 208 Å². The summed E-state index contributed by atoms with van der Waals surface area (Å²) in [6.07, 6.45) is 36.0. The molecule has 0 N–H and O–H groups in total. The van der Waals surface area contributed by atoms with Crippen LogP contribution in [0.3, 0.4) is 0 Å². The van der Waals surface area contributed by atoms with Gasteiger partial charge in [0.05, 0.1) is 12.5 Å². The summed E-state index contributed by atoms with van der Waals surface area (Å²) in [6, 6.07) is 0. The van der Waals surface area contributed by atoms with E-state index >= 15 is 0 Å². The molecule has 0 radical (unpaired) electrons. The Morgan fingerprint density at radius 3 is 1.23 bits per heavy atom. The largest absolute Gasteiger partial charge is 0.465 e. The van der Waals surface area contributed by atoms with Crippen molar-refractivity contribution in [3.63, 3.8) is 0 Å². The summed E-state index contributed by atoms with van der Waals surface area (Å²) in [7, 11) is 0. The van der Waals surface area contributed by atoms with Crippen molar-refractivity contribution < 1.29 is 9.53 Å². The first-order valence-electron chi connectivity index (χ1n) is 18.6. The number of carbonyl (C=O) groups is 1. The Labute approximate surface area is 254 Å². The lowest BCUT2D eigenvalue weighted by molar-refractivity contribution is -0.148. The minimum atomic E-state index is 0.000841. The molecule has 0 spiro atoms. The summed E-state index contributed by atoms with van der Waals surface area (Å²) in [5.74, 6) is 2.20. The van der Waals surface area contributed by atoms with E-state index in [2.05, 4.69) is 34.6 Å². The fraction of sp³-hybridized carbons (Fsp3) is 0.974. The number of hydrogen-bond donors (Lipinski definition) is 0. The molecular weight excluding hydrogens is 488 g/mol. The predicted molar refractivity (Wildman–Crippen MR) is 179 cm³/mol. The van der Waals surface area contributed by atoms with E-state index in [0.717, 1.165) is 31.1 Å². The van der Waals surface area contributed by atoms with Crippen LogP contribution in [-0.4, -0.2) is 12.6 Å². The summed E-state index contributed by atoms with van der Waals surface area (Å²) in [5.41, 5.74) is 0. The van der Waals surface area contributed by atoms with Gasteiger partial charge in [0.1, 0.15) is 0 Å². The molecule has 0 rings (SSSR count). The third-order valence-electron chi connectivity index (χ3n) is 9.06. The lowest BCUT2D eigenvalue weighted by Gasteiger charge is -2.22. The number of unbranched alkanes of at least 4 members (excludes halogenated alkanes) is 20. The minimum absolute atomic E-state index is 0.000841. The molecule has 0 aromatic carbocycles. The Morgan fingerprint density at radius 2 is 0.800 bits per heavy atom. The molecule has 0 fully saturated rings. The summed E-state index contributed by atoms with van der Waals surface area (Å²) >= 11 is 0. The maximum atomic E-state index is 12.1. The fourth-order valence-corrected chi connectivity index (χ4v) is 6.59. The molecule has 0 saturated carbocycles. The highest BCUT2D eigenvalue weighted by molar-refractivity contribution is 5.71. The molecule has 240 valence electrons. The zero-order chi connectivity index (χ0) is 29.7. The Bertz CT molecular complexity index is 516. The van der Waals surface area contributed by atoms with Gasteiger partial charge in [-0.3, -0.25) is 4.79 Å². The molecule has 2 heteroatoms. The second-order valence-electron chi connectivity index (χ2n) is 14.0. The second kappa shape index (κ2) is 29.9. The zero-order valence-corrected chi connectivity index (χ0v) is 28.7. The summed E-state index contributed by atoms with van der Waals surface area (Å²) < 4.78 is 5.41. The Kier molecular flexibility index (Phi) is 29.5. The van der Waals surface area contributed by atoms with Crippen molar-refractivity contribution in [2.75, 3.05) is 6.61 Å². The molecule has 4 atom stereocenters. The summed E-state index contributed by atoms with van der Waals surface area (Å²) in [5, 5.41) is 0. The minimum Gasteiger partial charge on any atom is -0.465 e. The second-order valence-corrected chi connectivity index (χ2v) is 14.0. The molecule has 0 aliphatic rings. The molecular formula is C38H76O2. The standard InChI is InChI=1S/C38H76O2/c1-7-9-11-12-13-14-15-16-17-18-19-20-21-22-23-24-25-26-27-28-29-34(3)31-35(4)32-36(5)33-37(6)38(39)40-30-10-8-2/h34-37H,7-33H2,1-6H3. The molecule has 0 aliphatic heterocycles. The molecule has 0 aromatic rings. The van der Waals surface area contributed by atoms with Gasteiger partial charge in [-0.2, -0.15) is 0 Å². The Hall–Kier alpha value is -0.530. The third-order valence-corrected chi connectivity index (χ3v) is 9.06. The van der Waals surface area contributed by atoms with Gasteiger partial charge in [-0.25, -0.2) is 0 Å². The van der Waals surface area contributed by atoms with Gasteiger partial charge < -0.3 is 4.74 Å². The van der Waals surface area contributed by atoms with Crippen LogP contribution in [0.25, 0.3) is 0 Å². The molecule has 0 aromatic heterocycles. The van der Waals surface area contributed by atoms with Gasteiger partial charge in [-0.1, -0.05) is 183 Å². The van der Waals surface area contributed by atoms with Crippen LogP contribution in [0.2, 0.25) is 0 Å². The zero-order valence-electron chi connectivity index (χ0n) is 28.7. The lowest BCUT2D eigenvalue weighted by atomic mass is 9.84. The van der Waals surface area contributed by atoms with E-state index in [1.165, 1.54) is 148 Å². The highest BCUT2D eigenvalue weighted by Gasteiger charge is 2.20. The average molecular weight is 565 g/mol. The maximum absolute atomic E-state index is 12.1. The van der Waals surface area contributed by atoms with Crippen molar-refractivity contribution in [3.8, 4) is 0 Å². The van der Waals surface area contributed by atoms with E-state index in [0.29, 0.717) is 12.5 Å². The summed E-state index contributed by atoms with van der Waals surface area (Å²) in [6.45, 7) is 14.2. The van der Waals surface area contributed by atoms with Crippen LogP contribution in [0.15, 0.2) is 0 Å². The third kappa shape index (κ3) is 27.6. The van der Waals surface area contributed by atoms with E-state index in [1.54, 1.807) is 0 Å². The van der Waals surface area contributed by atoms with Crippen molar-refractivity contribution in [2.45, 2.75) is 208 Å². The lowest BCUT2D eigenvalue weighted by Crippen LogP contribution is -2.19. The predicted octanol–water partition coefficient (Wildman–Crippen LogP) is 13.3. The molecule has 2 nitrogen and oxygen atoms in total. The highest BCUT2D eigenvalue weighted by atomic mass is 16.5. The average Bonchev–Trinajstić information content (AvgIpc) is 2.91. The van der Waals surface area contributed by atoms with Crippen molar-refractivity contribution >= 4 is 5.97 Å². The number of rotatable bonds is 31. The first-order valence-corrected chi connectivity index (χ1v) is 18.6. The number of carbonyl (C=O) groups excluding carboxylic acids is 1. The van der Waals surface area contributed by atoms with Gasteiger partial charge >= 0.3 is 5.97 Å². The number of esters is 1. The highest BCUT2D eigenvalue weighted by Crippen LogP contribution is 2.27. The molecule has 4 unspecified atom stereocenters. The monoisotopic (exact) mass is 565 g/mol. The van der Waals surface area contributed by atoms with Crippen LogP contribution in [0.5, 0.6) is 0 Å². The van der Waals surface area contributed by atoms with Gasteiger partial charge in [-0.15, -0.1) is 0 Å². The van der Waals surface area contributed by atoms with E-state index in [4.69, 9.17) is 4.74 Å². The molecule has 0 bridgehead atoms. The number of ether oxygens (including phenoxy) is 1. The molecule has 0 saturated heterocycles.